The van der Waals surface area contributed by atoms with Gasteiger partial charge in [0.1, 0.15) is 17.6 Å². The van der Waals surface area contributed by atoms with Gasteiger partial charge in [0.25, 0.3) is 0 Å². The first-order chi connectivity index (χ1) is 9.70. The highest BCUT2D eigenvalue weighted by Crippen LogP contribution is 2.38. The number of para-hydroxylation sites is 2. The Hall–Kier alpha value is -2.49. The molecule has 0 fully saturated rings. The van der Waals surface area contributed by atoms with Crippen LogP contribution in [0.5, 0.6) is 11.5 Å². The number of ether oxygens (including phenoxy) is 2. The van der Waals surface area contributed by atoms with Gasteiger partial charge < -0.3 is 15.2 Å². The highest BCUT2D eigenvalue weighted by molar-refractivity contribution is 6.00. The predicted octanol–water partition coefficient (Wildman–Crippen LogP) is 2.98. The highest BCUT2D eigenvalue weighted by atomic mass is 16.5. The lowest BCUT2D eigenvalue weighted by Crippen LogP contribution is -2.21. The molecule has 2 N–H and O–H groups in total. The van der Waals surface area contributed by atoms with Crippen molar-refractivity contribution in [2.75, 3.05) is 12.8 Å². The van der Waals surface area contributed by atoms with Crippen LogP contribution in [0.25, 0.3) is 0 Å². The molecule has 0 radical (unpaired) electrons. The molecule has 0 saturated carbocycles. The van der Waals surface area contributed by atoms with E-state index in [1.165, 1.54) is 0 Å². The van der Waals surface area contributed by atoms with Gasteiger partial charge in [-0.05, 0) is 18.2 Å². The number of carbonyl (C=O) groups is 1. The van der Waals surface area contributed by atoms with Crippen LogP contribution in [0.15, 0.2) is 42.5 Å². The molecule has 0 spiro atoms. The van der Waals surface area contributed by atoms with Crippen LogP contribution in [-0.4, -0.2) is 12.9 Å². The van der Waals surface area contributed by atoms with E-state index in [1.54, 1.807) is 25.3 Å². The molecule has 4 nitrogen and oxygen atoms in total. The Balaban J connectivity index is 2.00. The molecule has 1 unspecified atom stereocenters. The SMILES string of the molecule is COc1cccc(C2CC(=O)c3ccccc3O2)c1N. The van der Waals surface area contributed by atoms with E-state index in [1.807, 2.05) is 24.3 Å². The quantitative estimate of drug-likeness (QED) is 0.851. The van der Waals surface area contributed by atoms with E-state index in [9.17, 15) is 4.79 Å². The summed E-state index contributed by atoms with van der Waals surface area (Å²) in [5.41, 5.74) is 8.01. The number of benzene rings is 2. The van der Waals surface area contributed by atoms with Gasteiger partial charge >= 0.3 is 0 Å². The van der Waals surface area contributed by atoms with E-state index >= 15 is 0 Å². The van der Waals surface area contributed by atoms with E-state index in [0.29, 0.717) is 22.7 Å². The van der Waals surface area contributed by atoms with Gasteiger partial charge in [0.15, 0.2) is 5.78 Å². The molecule has 3 rings (SSSR count). The lowest BCUT2D eigenvalue weighted by Gasteiger charge is -2.26. The summed E-state index contributed by atoms with van der Waals surface area (Å²) in [6.07, 6.45) is -0.0820. The van der Waals surface area contributed by atoms with Crippen LogP contribution < -0.4 is 15.2 Å². The molecule has 2 aromatic carbocycles. The van der Waals surface area contributed by atoms with Gasteiger partial charge in [0.05, 0.1) is 24.8 Å². The summed E-state index contributed by atoms with van der Waals surface area (Å²) in [7, 11) is 1.57. The fourth-order valence-electron chi connectivity index (χ4n) is 2.47. The van der Waals surface area contributed by atoms with E-state index in [4.69, 9.17) is 15.2 Å². The van der Waals surface area contributed by atoms with Crippen LogP contribution in [0.2, 0.25) is 0 Å². The molecule has 0 aromatic heterocycles. The summed E-state index contributed by atoms with van der Waals surface area (Å²) in [5.74, 6) is 1.27. The summed E-state index contributed by atoms with van der Waals surface area (Å²) >= 11 is 0. The summed E-state index contributed by atoms with van der Waals surface area (Å²) in [4.78, 5) is 12.2. The van der Waals surface area contributed by atoms with Gasteiger partial charge in [-0.3, -0.25) is 4.79 Å². The molecule has 0 amide bonds. The van der Waals surface area contributed by atoms with Crippen molar-refractivity contribution in [1.82, 2.24) is 0 Å². The molecule has 20 heavy (non-hydrogen) atoms. The molecule has 1 atom stereocenters. The number of ketones is 1. The van der Waals surface area contributed by atoms with Crippen molar-refractivity contribution in [1.29, 1.82) is 0 Å². The Morgan fingerprint density at radius 1 is 1.20 bits per heavy atom. The molecule has 0 aliphatic carbocycles. The zero-order valence-electron chi connectivity index (χ0n) is 11.1. The Morgan fingerprint density at radius 2 is 2.00 bits per heavy atom. The average Bonchev–Trinajstić information content (AvgIpc) is 2.47. The van der Waals surface area contributed by atoms with Gasteiger partial charge in [0.2, 0.25) is 0 Å². The first kappa shape index (κ1) is 12.5. The standard InChI is InChI=1S/C16H15NO3/c1-19-14-8-4-6-11(16(14)17)15-9-12(18)10-5-2-3-7-13(10)20-15/h2-8,15H,9,17H2,1H3. The maximum atomic E-state index is 12.2. The molecule has 0 bridgehead atoms. The van der Waals surface area contributed by atoms with E-state index in [-0.39, 0.29) is 18.3 Å². The van der Waals surface area contributed by atoms with Crippen molar-refractivity contribution >= 4 is 11.5 Å². The molecular weight excluding hydrogens is 254 g/mol. The number of anilines is 1. The minimum Gasteiger partial charge on any atom is -0.495 e. The fraction of sp³-hybridized carbons (Fsp3) is 0.188. The van der Waals surface area contributed by atoms with Crippen LogP contribution >= 0.6 is 0 Å². The van der Waals surface area contributed by atoms with Crippen molar-refractivity contribution in [3.8, 4) is 11.5 Å². The molecule has 0 saturated heterocycles. The molecular formula is C16H15NO3. The number of carbonyl (C=O) groups excluding carboxylic acids is 1. The number of fused-ring (bicyclic) bond motifs is 1. The number of Topliss-reactive ketones (excluding diaryl/α,β-unsaturated/α-hetero) is 1. The number of nitrogen functional groups attached to an aromatic ring is 1. The van der Waals surface area contributed by atoms with Crippen LogP contribution in [0, 0.1) is 0 Å². The third kappa shape index (κ3) is 1.99. The van der Waals surface area contributed by atoms with Gasteiger partial charge in [-0.25, -0.2) is 0 Å². The number of methoxy groups -OCH3 is 1. The van der Waals surface area contributed by atoms with Gasteiger partial charge in [0, 0.05) is 5.56 Å². The summed E-state index contributed by atoms with van der Waals surface area (Å²) in [6, 6.07) is 12.8. The van der Waals surface area contributed by atoms with E-state index in [0.717, 1.165) is 5.56 Å². The zero-order valence-corrected chi connectivity index (χ0v) is 11.1. The van der Waals surface area contributed by atoms with E-state index in [2.05, 4.69) is 0 Å². The monoisotopic (exact) mass is 269 g/mol. The summed E-state index contributed by atoms with van der Waals surface area (Å²) in [6.45, 7) is 0. The zero-order chi connectivity index (χ0) is 14.1. The third-order valence-corrected chi connectivity index (χ3v) is 3.49. The van der Waals surface area contributed by atoms with Crippen molar-refractivity contribution in [2.24, 2.45) is 0 Å². The molecule has 1 aliphatic rings. The van der Waals surface area contributed by atoms with Crippen LogP contribution in [-0.2, 0) is 0 Å². The van der Waals surface area contributed by atoms with Gasteiger partial charge in [-0.15, -0.1) is 0 Å². The summed E-state index contributed by atoms with van der Waals surface area (Å²) < 4.78 is 11.1. The van der Waals surface area contributed by atoms with Crippen molar-refractivity contribution in [2.45, 2.75) is 12.5 Å². The van der Waals surface area contributed by atoms with Crippen LogP contribution in [0.4, 0.5) is 5.69 Å². The first-order valence-electron chi connectivity index (χ1n) is 6.42. The van der Waals surface area contributed by atoms with Crippen molar-refractivity contribution in [3.63, 3.8) is 0 Å². The second-order valence-corrected chi connectivity index (χ2v) is 4.69. The Labute approximate surface area is 117 Å². The Morgan fingerprint density at radius 3 is 2.80 bits per heavy atom. The van der Waals surface area contributed by atoms with E-state index < -0.39 is 0 Å². The Kier molecular flexibility index (Phi) is 3.06. The number of rotatable bonds is 2. The topological polar surface area (TPSA) is 61.5 Å². The molecule has 102 valence electrons. The fourth-order valence-corrected chi connectivity index (χ4v) is 2.47. The number of hydrogen-bond donors (Lipinski definition) is 1. The molecule has 1 heterocycles. The first-order valence-corrected chi connectivity index (χ1v) is 6.42. The third-order valence-electron chi connectivity index (χ3n) is 3.49. The van der Waals surface area contributed by atoms with Crippen molar-refractivity contribution < 1.29 is 14.3 Å². The average molecular weight is 269 g/mol. The van der Waals surface area contributed by atoms with Crippen LogP contribution in [0.1, 0.15) is 28.4 Å². The summed E-state index contributed by atoms with van der Waals surface area (Å²) in [5, 5.41) is 0. The molecule has 2 aromatic rings. The molecule has 1 aliphatic heterocycles. The van der Waals surface area contributed by atoms with Gasteiger partial charge in [-0.2, -0.15) is 0 Å². The Bertz CT molecular complexity index is 667. The second-order valence-electron chi connectivity index (χ2n) is 4.69. The minimum absolute atomic E-state index is 0.0686. The maximum absolute atomic E-state index is 12.2. The normalized spacial score (nSPS) is 17.2. The van der Waals surface area contributed by atoms with Crippen LogP contribution in [0.3, 0.4) is 0 Å². The smallest absolute Gasteiger partial charge is 0.170 e. The largest absolute Gasteiger partial charge is 0.495 e. The lowest BCUT2D eigenvalue weighted by atomic mass is 9.95. The molecule has 4 heteroatoms. The van der Waals surface area contributed by atoms with Crippen molar-refractivity contribution in [3.05, 3.63) is 53.6 Å². The highest BCUT2D eigenvalue weighted by Gasteiger charge is 2.29. The minimum atomic E-state index is -0.368. The number of hydrogen-bond acceptors (Lipinski definition) is 4. The second kappa shape index (κ2) is 4.89. The van der Waals surface area contributed by atoms with Gasteiger partial charge in [-0.1, -0.05) is 24.3 Å². The number of nitrogens with two attached hydrogens (primary N) is 1. The predicted molar refractivity (Wildman–Crippen MR) is 76.2 cm³/mol. The lowest BCUT2D eigenvalue weighted by molar-refractivity contribution is 0.0851. The maximum Gasteiger partial charge on any atom is 0.170 e.